The number of methoxy groups -OCH3 is 1. The SMILES string of the molecule is CCOC(=O)[C@@H]1[C@H](Cc2ccc(OCc3cc(-c4ccccc4)nc4ccccc34)cc2)C(=O)N1c1ccc(OC)cc1. The Balaban J connectivity index is 1.16. The van der Waals surface area contributed by atoms with Crippen LogP contribution >= 0.6 is 0 Å². The van der Waals surface area contributed by atoms with Crippen LogP contribution in [0.4, 0.5) is 5.69 Å². The molecule has 1 aromatic heterocycles. The fraction of sp³-hybridized carbons (Fsp3) is 0.194. The van der Waals surface area contributed by atoms with Crippen LogP contribution in [0.3, 0.4) is 0 Å². The first-order chi connectivity index (χ1) is 21.1. The van der Waals surface area contributed by atoms with Gasteiger partial charge in [0.05, 0.1) is 30.8 Å². The first-order valence-electron chi connectivity index (χ1n) is 14.4. The zero-order valence-electron chi connectivity index (χ0n) is 24.1. The number of aromatic nitrogens is 1. The van der Waals surface area contributed by atoms with Crippen molar-refractivity contribution in [2.45, 2.75) is 26.0 Å². The summed E-state index contributed by atoms with van der Waals surface area (Å²) in [6.07, 6.45) is 0.421. The molecule has 0 saturated carbocycles. The fourth-order valence-corrected chi connectivity index (χ4v) is 5.54. The Bertz CT molecular complexity index is 1740. The van der Waals surface area contributed by atoms with E-state index in [1.54, 1.807) is 38.3 Å². The van der Waals surface area contributed by atoms with Crippen LogP contribution in [0.15, 0.2) is 109 Å². The van der Waals surface area contributed by atoms with Crippen molar-refractivity contribution in [1.82, 2.24) is 4.98 Å². The van der Waals surface area contributed by atoms with E-state index < -0.39 is 17.9 Å². The van der Waals surface area contributed by atoms with E-state index in [1.807, 2.05) is 60.7 Å². The molecule has 2 atom stereocenters. The molecule has 1 fully saturated rings. The van der Waals surface area contributed by atoms with E-state index in [-0.39, 0.29) is 12.5 Å². The van der Waals surface area contributed by atoms with Gasteiger partial charge in [0.15, 0.2) is 0 Å². The molecule has 0 N–H and O–H groups in total. The van der Waals surface area contributed by atoms with Crippen LogP contribution in [0.5, 0.6) is 11.5 Å². The predicted octanol–water partition coefficient (Wildman–Crippen LogP) is 6.63. The summed E-state index contributed by atoms with van der Waals surface area (Å²) in [5, 5.41) is 1.05. The Hall–Kier alpha value is -5.17. The van der Waals surface area contributed by atoms with Gasteiger partial charge in [-0.2, -0.15) is 0 Å². The van der Waals surface area contributed by atoms with Crippen molar-refractivity contribution >= 4 is 28.5 Å². The summed E-state index contributed by atoms with van der Waals surface area (Å²) in [6, 6.07) is 34.4. The molecule has 0 radical (unpaired) electrons. The molecule has 0 aliphatic carbocycles. The average Bonchev–Trinajstić information content (AvgIpc) is 3.05. The van der Waals surface area contributed by atoms with Crippen molar-refractivity contribution in [3.05, 3.63) is 120 Å². The van der Waals surface area contributed by atoms with Crippen molar-refractivity contribution < 1.29 is 23.8 Å². The second-order valence-corrected chi connectivity index (χ2v) is 10.4. The minimum absolute atomic E-state index is 0.109. The second-order valence-electron chi connectivity index (χ2n) is 10.4. The molecule has 6 rings (SSSR count). The van der Waals surface area contributed by atoms with Crippen LogP contribution in [0.2, 0.25) is 0 Å². The van der Waals surface area contributed by atoms with E-state index in [9.17, 15) is 9.59 Å². The summed E-state index contributed by atoms with van der Waals surface area (Å²) >= 11 is 0. The van der Waals surface area contributed by atoms with Gasteiger partial charge >= 0.3 is 5.97 Å². The molecule has 2 heterocycles. The predicted molar refractivity (Wildman–Crippen MR) is 166 cm³/mol. The Morgan fingerprint density at radius 2 is 1.56 bits per heavy atom. The van der Waals surface area contributed by atoms with E-state index in [0.29, 0.717) is 30.2 Å². The fourth-order valence-electron chi connectivity index (χ4n) is 5.54. The Kier molecular flexibility index (Phi) is 8.05. The molecule has 1 saturated heterocycles. The smallest absolute Gasteiger partial charge is 0.330 e. The molecule has 5 aromatic rings. The van der Waals surface area contributed by atoms with Gasteiger partial charge in [0.2, 0.25) is 5.91 Å². The highest BCUT2D eigenvalue weighted by Crippen LogP contribution is 2.37. The zero-order valence-corrected chi connectivity index (χ0v) is 24.1. The van der Waals surface area contributed by atoms with Crippen LogP contribution in [0.25, 0.3) is 22.2 Å². The average molecular weight is 573 g/mol. The maximum Gasteiger partial charge on any atom is 0.330 e. The van der Waals surface area contributed by atoms with Crippen LogP contribution in [0.1, 0.15) is 18.1 Å². The number of nitrogens with zero attached hydrogens (tertiary/aromatic N) is 2. The molecule has 7 nitrogen and oxygen atoms in total. The number of carbonyl (C=O) groups excluding carboxylic acids is 2. The highest BCUT2D eigenvalue weighted by atomic mass is 16.5. The molecule has 4 aromatic carbocycles. The van der Waals surface area contributed by atoms with Gasteiger partial charge in [0, 0.05) is 22.2 Å². The number of β-lactam (4-membered cyclic amide) rings is 1. The highest BCUT2D eigenvalue weighted by Gasteiger charge is 2.52. The molecule has 7 heteroatoms. The summed E-state index contributed by atoms with van der Waals surface area (Å²) in [4.78, 5) is 32.5. The number of amides is 1. The minimum atomic E-state index is -0.685. The normalized spacial score (nSPS) is 16.0. The third-order valence-corrected chi connectivity index (χ3v) is 7.74. The lowest BCUT2D eigenvalue weighted by Crippen LogP contribution is -2.65. The van der Waals surface area contributed by atoms with Crippen molar-refractivity contribution in [3.8, 4) is 22.8 Å². The number of anilines is 1. The van der Waals surface area contributed by atoms with Gasteiger partial charge in [-0.1, -0.05) is 60.7 Å². The third kappa shape index (κ3) is 5.79. The van der Waals surface area contributed by atoms with Crippen molar-refractivity contribution in [2.75, 3.05) is 18.6 Å². The number of ether oxygens (including phenoxy) is 3. The van der Waals surface area contributed by atoms with Gasteiger partial charge in [-0.3, -0.25) is 9.69 Å². The standard InChI is InChI=1S/C36H32N2O5/c1-3-42-36(40)34-31(35(39)38(34)27-15-19-28(41-2)20-16-27)21-24-13-17-29(18-14-24)43-23-26-22-33(25-9-5-4-6-10-25)37-32-12-8-7-11-30(26)32/h4-20,22,31,34H,3,21,23H2,1-2H3/t31-,34-/m0/s1. The molecular formula is C36H32N2O5. The number of pyridine rings is 1. The molecule has 0 spiro atoms. The molecule has 0 bridgehead atoms. The quantitative estimate of drug-likeness (QED) is 0.138. The molecule has 216 valence electrons. The van der Waals surface area contributed by atoms with Gasteiger partial charge in [-0.05, 0) is 67.4 Å². The lowest BCUT2D eigenvalue weighted by Gasteiger charge is -2.45. The zero-order chi connectivity index (χ0) is 29.8. The van der Waals surface area contributed by atoms with Gasteiger partial charge in [-0.15, -0.1) is 0 Å². The number of esters is 1. The first-order valence-corrected chi connectivity index (χ1v) is 14.4. The first kappa shape index (κ1) is 28.0. The molecule has 0 unspecified atom stereocenters. The molecule has 43 heavy (non-hydrogen) atoms. The maximum absolute atomic E-state index is 13.3. The summed E-state index contributed by atoms with van der Waals surface area (Å²) in [5.41, 5.74) is 5.50. The van der Waals surface area contributed by atoms with Gasteiger partial charge in [-0.25, -0.2) is 9.78 Å². The number of para-hydroxylation sites is 1. The maximum atomic E-state index is 13.3. The minimum Gasteiger partial charge on any atom is -0.497 e. The van der Waals surface area contributed by atoms with Gasteiger partial charge < -0.3 is 14.2 Å². The summed E-state index contributed by atoms with van der Waals surface area (Å²) in [5.74, 6) is 0.377. The molecule has 1 aliphatic rings. The number of carbonyl (C=O) groups is 2. The molecular weight excluding hydrogens is 540 g/mol. The second kappa shape index (κ2) is 12.4. The van der Waals surface area contributed by atoms with Crippen LogP contribution in [-0.4, -0.2) is 36.6 Å². The third-order valence-electron chi connectivity index (χ3n) is 7.74. The lowest BCUT2D eigenvalue weighted by atomic mass is 9.81. The van der Waals surface area contributed by atoms with E-state index in [0.717, 1.165) is 33.3 Å². The van der Waals surface area contributed by atoms with Crippen molar-refractivity contribution in [3.63, 3.8) is 0 Å². The van der Waals surface area contributed by atoms with Crippen molar-refractivity contribution in [2.24, 2.45) is 5.92 Å². The van der Waals surface area contributed by atoms with E-state index in [4.69, 9.17) is 19.2 Å². The largest absolute Gasteiger partial charge is 0.497 e. The highest BCUT2D eigenvalue weighted by molar-refractivity contribution is 6.10. The Labute approximate surface area is 250 Å². The summed E-state index contributed by atoms with van der Waals surface area (Å²) < 4.78 is 16.8. The van der Waals surface area contributed by atoms with E-state index in [1.165, 1.54) is 4.90 Å². The summed E-state index contributed by atoms with van der Waals surface area (Å²) in [6.45, 7) is 2.39. The van der Waals surface area contributed by atoms with Gasteiger partial charge in [0.1, 0.15) is 24.1 Å². The number of hydrogen-bond acceptors (Lipinski definition) is 6. The molecule has 1 amide bonds. The number of rotatable bonds is 10. The van der Waals surface area contributed by atoms with Crippen molar-refractivity contribution in [1.29, 1.82) is 0 Å². The Morgan fingerprint density at radius 3 is 2.28 bits per heavy atom. The molecule has 1 aliphatic heterocycles. The van der Waals surface area contributed by atoms with Gasteiger partial charge in [0.25, 0.3) is 0 Å². The van der Waals surface area contributed by atoms with Crippen LogP contribution in [0, 0.1) is 5.92 Å². The van der Waals surface area contributed by atoms with Crippen LogP contribution < -0.4 is 14.4 Å². The number of benzene rings is 4. The lowest BCUT2D eigenvalue weighted by molar-refractivity contribution is -0.154. The number of hydrogen-bond donors (Lipinski definition) is 0. The number of fused-ring (bicyclic) bond motifs is 1. The Morgan fingerprint density at radius 1 is 0.860 bits per heavy atom. The topological polar surface area (TPSA) is 78.0 Å². The summed E-state index contributed by atoms with van der Waals surface area (Å²) in [7, 11) is 1.58. The van der Waals surface area contributed by atoms with E-state index in [2.05, 4.69) is 24.3 Å². The monoisotopic (exact) mass is 572 g/mol. The van der Waals surface area contributed by atoms with E-state index >= 15 is 0 Å². The van der Waals surface area contributed by atoms with Crippen LogP contribution in [-0.2, 0) is 27.4 Å².